The lowest BCUT2D eigenvalue weighted by atomic mass is 10.3. The van der Waals surface area contributed by atoms with Crippen molar-refractivity contribution in [1.82, 2.24) is 0 Å². The largest absolute Gasteiger partial charge is 0.487 e. The van der Waals surface area contributed by atoms with Crippen LogP contribution in [0.25, 0.3) is 0 Å². The van der Waals surface area contributed by atoms with E-state index in [9.17, 15) is 18.9 Å². The predicted molar refractivity (Wildman–Crippen MR) is 49.2 cm³/mol. The number of benzene rings is 1. The van der Waals surface area contributed by atoms with Gasteiger partial charge in [-0.25, -0.2) is 8.78 Å². The van der Waals surface area contributed by atoms with Crippen LogP contribution in [0.2, 0.25) is 0 Å². The minimum atomic E-state index is -2.95. The highest BCUT2D eigenvalue weighted by Crippen LogP contribution is 2.21. The van der Waals surface area contributed by atoms with Gasteiger partial charge in [-0.05, 0) is 6.07 Å². The topological polar surface area (TPSA) is 52.4 Å². The van der Waals surface area contributed by atoms with Crippen LogP contribution >= 0.6 is 0 Å². The molecule has 0 fully saturated rings. The highest BCUT2D eigenvalue weighted by Gasteiger charge is 2.22. The molecule has 82 valence electrons. The van der Waals surface area contributed by atoms with E-state index in [0.717, 1.165) is 6.07 Å². The first-order chi connectivity index (χ1) is 6.88. The molecule has 1 rings (SSSR count). The Bertz CT molecular complexity index is 363. The number of alkyl halides is 2. The van der Waals surface area contributed by atoms with Crippen molar-refractivity contribution in [3.05, 3.63) is 34.4 Å². The van der Waals surface area contributed by atoms with Crippen molar-refractivity contribution in [3.63, 3.8) is 0 Å². The van der Waals surface area contributed by atoms with Crippen molar-refractivity contribution in [2.45, 2.75) is 12.8 Å². The summed E-state index contributed by atoms with van der Waals surface area (Å²) in [5.74, 6) is -2.89. The average molecular weight is 217 g/mol. The van der Waals surface area contributed by atoms with Gasteiger partial charge >= 0.3 is 0 Å². The summed E-state index contributed by atoms with van der Waals surface area (Å²) >= 11 is 0. The fraction of sp³-hybridized carbons (Fsp3) is 0.333. The summed E-state index contributed by atoms with van der Waals surface area (Å²) in [7, 11) is 0. The molecule has 0 amide bonds. The summed E-state index contributed by atoms with van der Waals surface area (Å²) in [6.45, 7) is -0.0848. The van der Waals surface area contributed by atoms with Gasteiger partial charge in [-0.3, -0.25) is 10.1 Å². The van der Waals surface area contributed by atoms with E-state index >= 15 is 0 Å². The maximum atomic E-state index is 12.4. The first kappa shape index (κ1) is 11.4. The maximum absolute atomic E-state index is 12.4. The minimum Gasteiger partial charge on any atom is -0.487 e. The van der Waals surface area contributed by atoms with Crippen LogP contribution in [0, 0.1) is 10.1 Å². The molecule has 0 aliphatic carbocycles. The zero-order valence-corrected chi connectivity index (χ0v) is 7.94. The molecule has 0 atom stereocenters. The Balaban J connectivity index is 2.70. The predicted octanol–water partition coefficient (Wildman–Crippen LogP) is 2.63. The van der Waals surface area contributed by atoms with Crippen LogP contribution in [0.5, 0.6) is 5.75 Å². The molecule has 1 aromatic carbocycles. The Hall–Kier alpha value is -1.72. The fourth-order valence-electron chi connectivity index (χ4n) is 0.897. The molecule has 0 radical (unpaired) electrons. The summed E-state index contributed by atoms with van der Waals surface area (Å²) in [6, 6.07) is 5.13. The van der Waals surface area contributed by atoms with Crippen molar-refractivity contribution in [1.29, 1.82) is 0 Å². The number of nitro groups is 1. The van der Waals surface area contributed by atoms with Gasteiger partial charge in [-0.15, -0.1) is 0 Å². The van der Waals surface area contributed by atoms with Gasteiger partial charge in [-0.2, -0.15) is 0 Å². The van der Waals surface area contributed by atoms with E-state index < -0.39 is 17.5 Å². The van der Waals surface area contributed by atoms with Gasteiger partial charge in [-0.1, -0.05) is 6.07 Å². The van der Waals surface area contributed by atoms with Crippen LogP contribution in [0.1, 0.15) is 6.92 Å². The van der Waals surface area contributed by atoms with E-state index in [2.05, 4.69) is 0 Å². The number of rotatable bonds is 4. The molecule has 15 heavy (non-hydrogen) atoms. The molecule has 0 saturated carbocycles. The third-order valence-electron chi connectivity index (χ3n) is 1.52. The summed E-state index contributed by atoms with van der Waals surface area (Å²) in [4.78, 5) is 9.74. The van der Waals surface area contributed by atoms with E-state index in [1.807, 2.05) is 0 Å². The summed E-state index contributed by atoms with van der Waals surface area (Å²) < 4.78 is 29.5. The van der Waals surface area contributed by atoms with Crippen LogP contribution < -0.4 is 4.74 Å². The monoisotopic (exact) mass is 217 g/mol. The lowest BCUT2D eigenvalue weighted by Crippen LogP contribution is -2.20. The first-order valence-corrected chi connectivity index (χ1v) is 4.13. The summed E-state index contributed by atoms with van der Waals surface area (Å²) in [5, 5.41) is 10.4. The zero-order valence-electron chi connectivity index (χ0n) is 7.94. The van der Waals surface area contributed by atoms with Gasteiger partial charge in [0.15, 0.2) is 6.61 Å². The van der Waals surface area contributed by atoms with Crippen molar-refractivity contribution in [3.8, 4) is 5.75 Å². The Kier molecular flexibility index (Phi) is 3.18. The second-order valence-electron chi connectivity index (χ2n) is 3.11. The molecule has 0 N–H and O–H groups in total. The molecule has 6 heteroatoms. The number of hydrogen-bond donors (Lipinski definition) is 0. The summed E-state index contributed by atoms with van der Waals surface area (Å²) in [5.41, 5.74) is -0.188. The van der Waals surface area contributed by atoms with Crippen molar-refractivity contribution in [2.24, 2.45) is 0 Å². The molecular weight excluding hydrogens is 208 g/mol. The number of halogens is 2. The Morgan fingerprint density at radius 2 is 2.20 bits per heavy atom. The number of nitro benzene ring substituents is 1. The number of nitrogens with zero attached hydrogens (tertiary/aromatic N) is 1. The Morgan fingerprint density at radius 1 is 1.53 bits per heavy atom. The van der Waals surface area contributed by atoms with E-state index in [-0.39, 0.29) is 11.4 Å². The molecule has 0 saturated heterocycles. The van der Waals surface area contributed by atoms with E-state index in [4.69, 9.17) is 4.74 Å². The first-order valence-electron chi connectivity index (χ1n) is 4.13. The standard InChI is InChI=1S/C9H9F2NO3/c1-9(10,11)6-15-8-4-2-3-7(5-8)12(13)14/h2-5H,6H2,1H3. The third kappa shape index (κ3) is 3.88. The lowest BCUT2D eigenvalue weighted by Gasteiger charge is -2.11. The second kappa shape index (κ2) is 4.20. The maximum Gasteiger partial charge on any atom is 0.278 e. The molecule has 0 heterocycles. The fourth-order valence-corrected chi connectivity index (χ4v) is 0.897. The molecule has 0 bridgehead atoms. The zero-order chi connectivity index (χ0) is 11.5. The van der Waals surface area contributed by atoms with Crippen LogP contribution in [-0.2, 0) is 0 Å². The Labute approximate surface area is 84.6 Å². The lowest BCUT2D eigenvalue weighted by molar-refractivity contribution is -0.384. The number of hydrogen-bond acceptors (Lipinski definition) is 3. The van der Waals surface area contributed by atoms with Gasteiger partial charge in [0, 0.05) is 13.0 Å². The van der Waals surface area contributed by atoms with Crippen LogP contribution in [0.4, 0.5) is 14.5 Å². The highest BCUT2D eigenvalue weighted by molar-refractivity contribution is 5.37. The third-order valence-corrected chi connectivity index (χ3v) is 1.52. The molecule has 0 aliphatic rings. The van der Waals surface area contributed by atoms with E-state index in [0.29, 0.717) is 6.92 Å². The second-order valence-corrected chi connectivity index (χ2v) is 3.11. The van der Waals surface area contributed by atoms with E-state index in [1.165, 1.54) is 18.2 Å². The number of non-ortho nitro benzene ring substituents is 1. The van der Waals surface area contributed by atoms with Crippen molar-refractivity contribution >= 4 is 5.69 Å². The van der Waals surface area contributed by atoms with Crippen molar-refractivity contribution in [2.75, 3.05) is 6.61 Å². The molecule has 0 unspecified atom stereocenters. The quantitative estimate of drug-likeness (QED) is 0.575. The molecule has 0 aliphatic heterocycles. The average Bonchev–Trinajstić information content (AvgIpc) is 2.14. The van der Waals surface area contributed by atoms with Crippen LogP contribution in [0.15, 0.2) is 24.3 Å². The van der Waals surface area contributed by atoms with E-state index in [1.54, 1.807) is 0 Å². The highest BCUT2D eigenvalue weighted by atomic mass is 19.3. The molecular formula is C9H9F2NO3. The molecule has 0 spiro atoms. The van der Waals surface area contributed by atoms with Gasteiger partial charge < -0.3 is 4.74 Å². The SMILES string of the molecule is CC(F)(F)COc1cccc([N+](=O)[O-])c1. The smallest absolute Gasteiger partial charge is 0.278 e. The van der Waals surface area contributed by atoms with Crippen LogP contribution in [0.3, 0.4) is 0 Å². The van der Waals surface area contributed by atoms with Gasteiger partial charge in [0.25, 0.3) is 11.6 Å². The van der Waals surface area contributed by atoms with Gasteiger partial charge in [0.1, 0.15) is 5.75 Å². The minimum absolute atomic E-state index is 0.0609. The summed E-state index contributed by atoms with van der Waals surface area (Å²) in [6.07, 6.45) is 0. The van der Waals surface area contributed by atoms with Crippen molar-refractivity contribution < 1.29 is 18.4 Å². The molecule has 4 nitrogen and oxygen atoms in total. The van der Waals surface area contributed by atoms with Gasteiger partial charge in [0.2, 0.25) is 0 Å². The Morgan fingerprint density at radius 3 is 2.73 bits per heavy atom. The van der Waals surface area contributed by atoms with Gasteiger partial charge in [0.05, 0.1) is 11.0 Å². The normalized spacial score (nSPS) is 11.1. The number of ether oxygens (including phenoxy) is 1. The van der Waals surface area contributed by atoms with Crippen LogP contribution in [-0.4, -0.2) is 17.5 Å². The molecule has 1 aromatic rings. The molecule has 0 aromatic heterocycles.